The van der Waals surface area contributed by atoms with Crippen molar-refractivity contribution in [3.05, 3.63) is 34.9 Å². The monoisotopic (exact) mass is 356 g/mol. The van der Waals surface area contributed by atoms with Crippen LogP contribution in [0.1, 0.15) is 6.92 Å². The van der Waals surface area contributed by atoms with E-state index in [1.54, 1.807) is 18.2 Å². The van der Waals surface area contributed by atoms with E-state index in [2.05, 4.69) is 20.6 Å². The molecule has 0 unspecified atom stereocenters. The molecule has 0 bridgehead atoms. The van der Waals surface area contributed by atoms with Crippen LogP contribution in [0.25, 0.3) is 11.2 Å². The number of anilines is 1. The van der Waals surface area contributed by atoms with Crippen molar-refractivity contribution >= 4 is 22.8 Å². The van der Waals surface area contributed by atoms with Crippen LogP contribution in [0, 0.1) is 0 Å². The minimum absolute atomic E-state index is 0.140. The van der Waals surface area contributed by atoms with Gasteiger partial charge in [-0.3, -0.25) is 14.2 Å². The fourth-order valence-corrected chi connectivity index (χ4v) is 2.69. The van der Waals surface area contributed by atoms with Crippen LogP contribution in [0.2, 0.25) is 0 Å². The van der Waals surface area contributed by atoms with Crippen molar-refractivity contribution in [3.63, 3.8) is 0 Å². The molecule has 0 aliphatic carbocycles. The molecule has 1 aliphatic rings. The van der Waals surface area contributed by atoms with Crippen molar-refractivity contribution in [3.8, 4) is 11.5 Å². The summed E-state index contributed by atoms with van der Waals surface area (Å²) in [6.07, 6.45) is 1.32. The van der Waals surface area contributed by atoms with Crippen LogP contribution in [0.5, 0.6) is 11.5 Å². The van der Waals surface area contributed by atoms with Gasteiger partial charge in [-0.15, -0.1) is 5.10 Å². The van der Waals surface area contributed by atoms with Gasteiger partial charge in [0.15, 0.2) is 22.7 Å². The van der Waals surface area contributed by atoms with Crippen LogP contribution in [0.3, 0.4) is 0 Å². The van der Waals surface area contributed by atoms with E-state index in [-0.39, 0.29) is 18.0 Å². The summed E-state index contributed by atoms with van der Waals surface area (Å²) in [6.45, 7) is 3.21. The predicted octanol–water partition coefficient (Wildman–Crippen LogP) is 0.418. The zero-order valence-electron chi connectivity index (χ0n) is 14.0. The highest BCUT2D eigenvalue weighted by molar-refractivity contribution is 5.91. The topological polar surface area (TPSA) is 113 Å². The molecule has 2 aromatic heterocycles. The molecule has 1 aliphatic heterocycles. The van der Waals surface area contributed by atoms with E-state index >= 15 is 0 Å². The number of fused-ring (bicyclic) bond motifs is 2. The van der Waals surface area contributed by atoms with Crippen LogP contribution >= 0.6 is 0 Å². The van der Waals surface area contributed by atoms with Crippen LogP contribution < -0.4 is 20.3 Å². The third kappa shape index (κ3) is 2.85. The van der Waals surface area contributed by atoms with E-state index in [0.29, 0.717) is 42.6 Å². The molecule has 4 rings (SSSR count). The Labute approximate surface area is 147 Å². The Morgan fingerprint density at radius 3 is 2.88 bits per heavy atom. The average Bonchev–Trinajstić information content (AvgIpc) is 3.08. The molecule has 3 aromatic rings. The zero-order valence-corrected chi connectivity index (χ0v) is 14.0. The second-order valence-electron chi connectivity index (χ2n) is 5.66. The number of ether oxygens (including phenoxy) is 2. The first-order chi connectivity index (χ1) is 12.7. The van der Waals surface area contributed by atoms with E-state index in [9.17, 15) is 9.59 Å². The number of aromatic nitrogens is 5. The lowest BCUT2D eigenvalue weighted by Gasteiger charge is -2.19. The molecule has 3 heterocycles. The second-order valence-corrected chi connectivity index (χ2v) is 5.66. The molecular weight excluding hydrogens is 340 g/mol. The van der Waals surface area contributed by atoms with E-state index in [1.165, 1.54) is 15.6 Å². The number of nitrogens with zero attached hydrogens (tertiary/aromatic N) is 5. The first-order valence-electron chi connectivity index (χ1n) is 8.14. The normalized spacial score (nSPS) is 13.0. The molecular formula is C16H16N6O4. The maximum absolute atomic E-state index is 12.4. The predicted molar refractivity (Wildman–Crippen MR) is 91.3 cm³/mol. The molecule has 0 radical (unpaired) electrons. The molecule has 1 amide bonds. The highest BCUT2D eigenvalue weighted by atomic mass is 16.6. The first-order valence-corrected chi connectivity index (χ1v) is 8.14. The van der Waals surface area contributed by atoms with E-state index in [0.717, 1.165) is 0 Å². The van der Waals surface area contributed by atoms with Gasteiger partial charge in [-0.25, -0.2) is 9.67 Å². The third-order valence-corrected chi connectivity index (χ3v) is 3.93. The van der Waals surface area contributed by atoms with Crippen LogP contribution in [-0.4, -0.2) is 43.7 Å². The minimum Gasteiger partial charge on any atom is -0.486 e. The summed E-state index contributed by atoms with van der Waals surface area (Å²) < 4.78 is 13.6. The lowest BCUT2D eigenvalue weighted by molar-refractivity contribution is -0.116. The number of benzene rings is 1. The molecule has 0 fully saturated rings. The van der Waals surface area contributed by atoms with Gasteiger partial charge < -0.3 is 14.8 Å². The standard InChI is InChI=1S/C16H16N6O4/c1-2-22-15-14(19-20-22)16(24)21(9-17-15)8-13(23)18-10-3-4-11-12(7-10)26-6-5-25-11/h3-4,7,9H,2,5-6,8H2,1H3,(H,18,23). The van der Waals surface area contributed by atoms with Crippen molar-refractivity contribution in [2.45, 2.75) is 20.0 Å². The van der Waals surface area contributed by atoms with Crippen molar-refractivity contribution < 1.29 is 14.3 Å². The molecule has 1 N–H and O–H groups in total. The molecule has 134 valence electrons. The largest absolute Gasteiger partial charge is 0.486 e. The Kier molecular flexibility index (Phi) is 3.99. The van der Waals surface area contributed by atoms with Gasteiger partial charge in [0, 0.05) is 18.3 Å². The summed E-state index contributed by atoms with van der Waals surface area (Å²) in [4.78, 5) is 28.9. The lowest BCUT2D eigenvalue weighted by Crippen LogP contribution is -2.28. The van der Waals surface area contributed by atoms with E-state index in [1.807, 2.05) is 6.92 Å². The summed E-state index contributed by atoms with van der Waals surface area (Å²) in [7, 11) is 0. The Morgan fingerprint density at radius 1 is 1.27 bits per heavy atom. The lowest BCUT2D eigenvalue weighted by atomic mass is 10.2. The van der Waals surface area contributed by atoms with Gasteiger partial charge in [-0.05, 0) is 19.1 Å². The number of hydrogen-bond donors (Lipinski definition) is 1. The highest BCUT2D eigenvalue weighted by Crippen LogP contribution is 2.32. The zero-order chi connectivity index (χ0) is 18.1. The molecule has 0 spiro atoms. The first kappa shape index (κ1) is 16.1. The number of amides is 1. The Balaban J connectivity index is 1.52. The summed E-state index contributed by atoms with van der Waals surface area (Å²) in [5, 5.41) is 10.4. The van der Waals surface area contributed by atoms with Crippen molar-refractivity contribution in [2.75, 3.05) is 18.5 Å². The van der Waals surface area contributed by atoms with Crippen LogP contribution in [0.4, 0.5) is 5.69 Å². The molecule has 0 atom stereocenters. The maximum Gasteiger partial charge on any atom is 0.283 e. The maximum atomic E-state index is 12.4. The number of carbonyl (C=O) groups is 1. The quantitative estimate of drug-likeness (QED) is 0.720. The van der Waals surface area contributed by atoms with Gasteiger partial charge in [0.25, 0.3) is 5.56 Å². The minimum atomic E-state index is -0.410. The molecule has 0 saturated heterocycles. The smallest absolute Gasteiger partial charge is 0.283 e. The van der Waals surface area contributed by atoms with Crippen molar-refractivity contribution in [1.29, 1.82) is 0 Å². The average molecular weight is 356 g/mol. The Morgan fingerprint density at radius 2 is 2.08 bits per heavy atom. The number of rotatable bonds is 4. The van der Waals surface area contributed by atoms with Crippen molar-refractivity contribution in [2.24, 2.45) is 0 Å². The third-order valence-electron chi connectivity index (χ3n) is 3.93. The molecule has 0 saturated carbocycles. The van der Waals surface area contributed by atoms with E-state index < -0.39 is 5.56 Å². The van der Waals surface area contributed by atoms with Gasteiger partial charge >= 0.3 is 0 Å². The molecule has 1 aromatic carbocycles. The molecule has 10 nitrogen and oxygen atoms in total. The SMILES string of the molecule is CCn1nnc2c(=O)n(CC(=O)Nc3ccc4c(c3)OCCO4)cnc21. The highest BCUT2D eigenvalue weighted by Gasteiger charge is 2.15. The summed E-state index contributed by atoms with van der Waals surface area (Å²) in [5.74, 6) is 0.845. The summed E-state index contributed by atoms with van der Waals surface area (Å²) >= 11 is 0. The second kappa shape index (κ2) is 6.47. The number of aryl methyl sites for hydroxylation is 1. The fourth-order valence-electron chi connectivity index (χ4n) is 2.69. The van der Waals surface area contributed by atoms with Gasteiger partial charge in [-0.1, -0.05) is 5.21 Å². The number of carbonyl (C=O) groups excluding carboxylic acids is 1. The van der Waals surface area contributed by atoms with Gasteiger partial charge in [0.2, 0.25) is 5.91 Å². The summed E-state index contributed by atoms with van der Waals surface area (Å²) in [5.41, 5.74) is 0.688. The Bertz CT molecular complexity index is 1040. The van der Waals surface area contributed by atoms with Crippen LogP contribution in [0.15, 0.2) is 29.3 Å². The molecule has 10 heteroatoms. The summed E-state index contributed by atoms with van der Waals surface area (Å²) in [6, 6.07) is 5.12. The Hall–Kier alpha value is -3.43. The van der Waals surface area contributed by atoms with Crippen molar-refractivity contribution in [1.82, 2.24) is 24.5 Å². The number of hydrogen-bond acceptors (Lipinski definition) is 7. The number of nitrogens with one attached hydrogen (secondary N) is 1. The van der Waals surface area contributed by atoms with Gasteiger partial charge in [0.1, 0.15) is 26.1 Å². The van der Waals surface area contributed by atoms with Gasteiger partial charge in [0.05, 0.1) is 0 Å². The fraction of sp³-hybridized carbons (Fsp3) is 0.312. The van der Waals surface area contributed by atoms with E-state index in [4.69, 9.17) is 9.47 Å². The van der Waals surface area contributed by atoms with Crippen LogP contribution in [-0.2, 0) is 17.9 Å². The molecule has 26 heavy (non-hydrogen) atoms. The van der Waals surface area contributed by atoms with Gasteiger partial charge in [-0.2, -0.15) is 0 Å².